The van der Waals surface area contributed by atoms with Crippen LogP contribution in [-0.2, 0) is 49.9 Å². The molecule has 0 bridgehead atoms. The predicted molar refractivity (Wildman–Crippen MR) is 322 cm³/mol. The third-order valence-corrected chi connectivity index (χ3v) is 25.1. The van der Waals surface area contributed by atoms with Crippen molar-refractivity contribution in [1.82, 2.24) is 0 Å². The number of unbranched alkanes of at least 4 members (excludes halogenated alkanes) is 30. The number of hydrogen-bond donors (Lipinski definition) is 0. The molecule has 0 radical (unpaired) electrons. The molecule has 2 aromatic rings. The molecule has 77 heavy (non-hydrogen) atoms. The average molecular weight is 1290 g/mol. The van der Waals surface area contributed by atoms with Gasteiger partial charge in [-0.25, -0.2) is 0 Å². The Morgan fingerprint density at radius 1 is 0.403 bits per heavy atom. The molecule has 2 aromatic carbocycles. The van der Waals surface area contributed by atoms with Gasteiger partial charge in [0.25, 0.3) is 0 Å². The smallest absolute Gasteiger partial charge is 1.00 e. The Morgan fingerprint density at radius 3 is 1.08 bits per heavy atom. The van der Waals surface area contributed by atoms with Crippen molar-refractivity contribution >= 4 is 28.7 Å². The van der Waals surface area contributed by atoms with E-state index >= 15 is 0 Å². The van der Waals surface area contributed by atoms with Crippen molar-refractivity contribution in [3.05, 3.63) is 93.1 Å². The molecule has 0 spiro atoms. The van der Waals surface area contributed by atoms with E-state index in [0.29, 0.717) is 10.1 Å². The maximum atomic E-state index is 2.56. The first-order chi connectivity index (χ1) is 33.4. The molecular weight excluding hydrogens is 1170 g/mol. The van der Waals surface area contributed by atoms with E-state index in [-0.39, 0.29) is 127 Å². The molecule has 2 aliphatic rings. The van der Waals surface area contributed by atoms with Gasteiger partial charge in [-0.2, -0.15) is 54.9 Å². The van der Waals surface area contributed by atoms with Crippen molar-refractivity contribution in [3.8, 4) is 0 Å². The van der Waals surface area contributed by atoms with Crippen molar-refractivity contribution in [1.29, 1.82) is 0 Å². The molecule has 4 rings (SSSR count). The van der Waals surface area contributed by atoms with E-state index in [0.717, 1.165) is 0 Å². The first-order valence-electron chi connectivity index (χ1n) is 30.6. The van der Waals surface area contributed by atoms with Crippen molar-refractivity contribution in [2.75, 3.05) is 0 Å². The van der Waals surface area contributed by atoms with Crippen molar-refractivity contribution in [2.45, 2.75) is 317 Å². The molecule has 2 aliphatic carbocycles. The van der Waals surface area contributed by atoms with Gasteiger partial charge in [-0.05, 0) is 22.9 Å². The van der Waals surface area contributed by atoms with Crippen molar-refractivity contribution < 1.29 is 118 Å². The molecule has 442 valence electrons. The maximum Gasteiger partial charge on any atom is 4.00 e. The Kier molecular flexibility index (Phi) is 62.7. The minimum absolute atomic E-state index is 0. The molecule has 3 unspecified atom stereocenters. The fourth-order valence-corrected chi connectivity index (χ4v) is 19.4. The van der Waals surface area contributed by atoms with Gasteiger partial charge in [0.05, 0.1) is 0 Å². The zero-order valence-corrected chi connectivity index (χ0v) is 61.9. The third-order valence-electron chi connectivity index (χ3n) is 17.8. The van der Waals surface area contributed by atoms with Gasteiger partial charge in [0.2, 0.25) is 0 Å². The summed E-state index contributed by atoms with van der Waals surface area (Å²) in [4.78, 5) is 0. The SMILES string of the molecule is CCCCCCCCCCCCCCCCCC[SiH]([c-]1c(C)c(C)c(C)c1C)C1(C)C=CC=CC1.CCCCCCCCCCCCCCCCCCc1c(C)c(C)[c-]([SiH2]C2(C)C=CC=CC2)c1C.[Cl-].[Cl-].[Cl-].[Cl-].[Cl-].[Cl-].[Ti+4].[Ti+4]. The van der Waals surface area contributed by atoms with Crippen LogP contribution in [0.1, 0.15) is 291 Å². The van der Waals surface area contributed by atoms with Gasteiger partial charge in [-0.3, -0.25) is 0 Å². The summed E-state index contributed by atoms with van der Waals surface area (Å²) in [5.74, 6) is 0. The summed E-state index contributed by atoms with van der Waals surface area (Å²) in [7, 11) is -1.41. The summed E-state index contributed by atoms with van der Waals surface area (Å²) in [6.45, 7) is 26.4. The largest absolute Gasteiger partial charge is 4.00 e. The zero-order valence-electron chi connectivity index (χ0n) is 51.6. The summed E-state index contributed by atoms with van der Waals surface area (Å²) < 4.78 is 0. The van der Waals surface area contributed by atoms with Gasteiger partial charge in [0.1, 0.15) is 0 Å². The third kappa shape index (κ3) is 34.7. The summed E-state index contributed by atoms with van der Waals surface area (Å²) in [6.07, 6.45) is 69.1. The molecule has 0 amide bonds. The Morgan fingerprint density at radius 2 is 0.740 bits per heavy atom. The van der Waals surface area contributed by atoms with Gasteiger partial charge in [-0.1, -0.05) is 343 Å². The number of allylic oxidation sites excluding steroid dienone is 8. The van der Waals surface area contributed by atoms with Crippen LogP contribution in [-0.4, -0.2) is 18.3 Å². The van der Waals surface area contributed by atoms with Crippen LogP contribution in [0.3, 0.4) is 0 Å². The molecule has 0 aliphatic heterocycles. The van der Waals surface area contributed by atoms with E-state index in [2.05, 4.69) is 125 Å². The molecule has 0 saturated carbocycles. The average Bonchev–Trinajstić information content (AvgIpc) is 3.65. The Balaban J connectivity index is -0.000000297. The Labute approximate surface area is 551 Å². The van der Waals surface area contributed by atoms with Crippen LogP contribution in [0.2, 0.25) is 16.1 Å². The van der Waals surface area contributed by atoms with Crippen LogP contribution in [0.15, 0.2) is 48.6 Å². The zero-order chi connectivity index (χ0) is 50.2. The number of rotatable bonds is 38. The fourth-order valence-electron chi connectivity index (χ4n) is 12.5. The molecule has 0 nitrogen and oxygen atoms in total. The predicted octanol–water partition coefficient (Wildman–Crippen LogP) is 2.25. The van der Waals surface area contributed by atoms with Crippen molar-refractivity contribution in [3.63, 3.8) is 0 Å². The topological polar surface area (TPSA) is 0 Å². The van der Waals surface area contributed by atoms with E-state index < -0.39 is 8.80 Å². The first kappa shape index (κ1) is 89.5. The minimum Gasteiger partial charge on any atom is -1.00 e. The molecule has 0 saturated heterocycles. The van der Waals surface area contributed by atoms with Gasteiger partial charge >= 0.3 is 43.4 Å². The van der Waals surface area contributed by atoms with Gasteiger partial charge in [-0.15, -0.1) is 0 Å². The van der Waals surface area contributed by atoms with Gasteiger partial charge in [0, 0.05) is 18.3 Å². The van der Waals surface area contributed by atoms with Gasteiger partial charge in [0.15, 0.2) is 0 Å². The standard InChI is InChI=1S/C34H59Si.C33H57Si.6ClH.2Ti/c1-7-8-9-10-11-12-13-14-15-16-17-18-19-20-21-25-28-35(34(6)26-23-22-24-27-34)33-31(4)29(2)30(3)32(33)5;1-6-7-8-9-10-11-12-13-14-15-16-17-18-19-20-22-25-31-28(2)29(3)32(30(31)4)34-33(5)26-23-21-24-27-33;;;;;;;;/h22-24,26,35H,7-21,25,27-28H2,1-6H3;21,23-24,26H,6-20,22,25,27,34H2,1-5H3;6*1H;;/q2*-1;;;;;;;2*+4/p-6. The van der Waals surface area contributed by atoms with Crippen LogP contribution in [0.4, 0.5) is 0 Å². The number of hydrogen-bond acceptors (Lipinski definition) is 0. The van der Waals surface area contributed by atoms with Crippen LogP contribution in [0.5, 0.6) is 0 Å². The first-order valence-corrected chi connectivity index (χ1v) is 33.9. The van der Waals surface area contributed by atoms with Crippen LogP contribution in [0.25, 0.3) is 0 Å². The summed E-state index contributed by atoms with van der Waals surface area (Å²) in [6, 6.07) is 1.47. The van der Waals surface area contributed by atoms with Crippen molar-refractivity contribution in [2.24, 2.45) is 0 Å². The number of halogens is 6. The van der Waals surface area contributed by atoms with E-state index in [9.17, 15) is 0 Å². The summed E-state index contributed by atoms with van der Waals surface area (Å²) in [5.41, 5.74) is 13.0. The van der Waals surface area contributed by atoms with E-state index in [4.69, 9.17) is 0 Å². The Bertz CT molecular complexity index is 1770. The quantitative estimate of drug-likeness (QED) is 0.0551. The molecule has 10 heteroatoms. The molecule has 0 N–H and O–H groups in total. The Hall–Kier alpha value is 1.26. The van der Waals surface area contributed by atoms with Crippen LogP contribution in [0, 0.1) is 48.5 Å². The maximum absolute atomic E-state index is 2.56. The minimum atomic E-state index is -1.11. The molecule has 0 fully saturated rings. The van der Waals surface area contributed by atoms with E-state index in [1.165, 1.54) is 231 Å². The molecule has 0 aromatic heterocycles. The van der Waals surface area contributed by atoms with E-state index in [1.54, 1.807) is 49.7 Å². The normalized spacial score (nSPS) is 16.4. The van der Waals surface area contributed by atoms with E-state index in [1.807, 2.05) is 5.19 Å². The molecule has 3 atom stereocenters. The summed E-state index contributed by atoms with van der Waals surface area (Å²) in [5, 5.41) is 4.40. The second-order valence-electron chi connectivity index (χ2n) is 23.8. The van der Waals surface area contributed by atoms with Gasteiger partial charge < -0.3 is 74.4 Å². The monoisotopic (exact) mass is 1280 g/mol. The second-order valence-corrected chi connectivity index (χ2v) is 30.0. The molecule has 0 heterocycles. The second kappa shape index (κ2) is 54.0. The fraction of sp³-hybridized carbons (Fsp3) is 0.731. The molecular formula is C67H116Cl6Si2Ti2. The summed E-state index contributed by atoms with van der Waals surface area (Å²) >= 11 is 0. The van der Waals surface area contributed by atoms with Crippen LogP contribution >= 0.6 is 0 Å². The van der Waals surface area contributed by atoms with Crippen LogP contribution < -0.4 is 84.8 Å².